The van der Waals surface area contributed by atoms with E-state index in [0.29, 0.717) is 0 Å². The van der Waals surface area contributed by atoms with Crippen LogP contribution in [0, 0.1) is 0 Å². The first kappa shape index (κ1) is 59.9. The van der Waals surface area contributed by atoms with Crippen LogP contribution < -0.4 is 0 Å². The molecule has 482 valence electrons. The second-order valence-corrected chi connectivity index (χ2v) is 26.6. The van der Waals surface area contributed by atoms with E-state index < -0.39 is 0 Å². The van der Waals surface area contributed by atoms with Crippen molar-refractivity contribution in [2.45, 2.75) is 0 Å². The van der Waals surface area contributed by atoms with Gasteiger partial charge >= 0.3 is 0 Å². The van der Waals surface area contributed by atoms with E-state index in [1.807, 2.05) is 36.9 Å². The van der Waals surface area contributed by atoms with E-state index >= 15 is 0 Å². The van der Waals surface area contributed by atoms with Gasteiger partial charge in [-0.25, -0.2) is 19.9 Å². The summed E-state index contributed by atoms with van der Waals surface area (Å²) in [5, 5.41) is 16.2. The summed E-state index contributed by atoms with van der Waals surface area (Å²) < 4.78 is 0. The molecule has 21 rings (SSSR count). The summed E-state index contributed by atoms with van der Waals surface area (Å²) in [6.45, 7) is 0. The minimum Gasteiger partial charge on any atom is -0.254 e. The average Bonchev–Trinajstić information content (AvgIpc) is 0.840. The van der Waals surface area contributed by atoms with Gasteiger partial charge in [-0.1, -0.05) is 218 Å². The normalized spacial score (nSPS) is 11.7. The van der Waals surface area contributed by atoms with Gasteiger partial charge < -0.3 is 0 Å². The number of rotatable bonds is 8. The van der Waals surface area contributed by atoms with Crippen LogP contribution in [0.4, 0.5) is 0 Å². The fourth-order valence-corrected chi connectivity index (χ4v) is 15.1. The van der Waals surface area contributed by atoms with Crippen LogP contribution in [-0.4, -0.2) is 39.9 Å². The molecule has 0 N–H and O–H groups in total. The van der Waals surface area contributed by atoms with E-state index in [0.717, 1.165) is 171 Å². The third-order valence-corrected chi connectivity index (χ3v) is 20.4. The number of fused-ring (bicyclic) bond motifs is 13. The lowest BCUT2D eigenvalue weighted by molar-refractivity contribution is 1.37. The van der Waals surface area contributed by atoms with Gasteiger partial charge in [-0.15, -0.1) is 0 Å². The Balaban J connectivity index is 0.000000139. The zero-order chi connectivity index (χ0) is 68.6. The summed E-state index contributed by atoms with van der Waals surface area (Å²) in [5.41, 5.74) is 25.1. The number of pyridine rings is 8. The Morgan fingerprint density at radius 2 is 0.490 bits per heavy atom. The van der Waals surface area contributed by atoms with Crippen LogP contribution in [0.15, 0.2) is 352 Å². The third kappa shape index (κ3) is 10.8. The van der Waals surface area contributed by atoms with E-state index in [1.165, 1.54) is 37.9 Å². The minimum atomic E-state index is 0.922. The van der Waals surface area contributed by atoms with Crippen molar-refractivity contribution in [1.29, 1.82) is 0 Å². The molecule has 8 heterocycles. The Morgan fingerprint density at radius 1 is 0.163 bits per heavy atom. The molecular formula is C96H58N8. The maximum Gasteiger partial charge on any atom is 0.0970 e. The van der Waals surface area contributed by atoms with Crippen LogP contribution in [0.1, 0.15) is 0 Å². The van der Waals surface area contributed by atoms with E-state index in [9.17, 15) is 0 Å². The molecule has 0 spiro atoms. The Hall–Kier alpha value is -14.1. The summed E-state index contributed by atoms with van der Waals surface area (Å²) in [4.78, 5) is 38.9. The number of hydrogen-bond acceptors (Lipinski definition) is 8. The lowest BCUT2D eigenvalue weighted by Gasteiger charge is -2.12. The van der Waals surface area contributed by atoms with Crippen LogP contribution in [0.3, 0.4) is 0 Å². The number of hydrogen-bond donors (Lipinski definition) is 0. The molecule has 104 heavy (non-hydrogen) atoms. The predicted molar refractivity (Wildman–Crippen MR) is 431 cm³/mol. The Morgan fingerprint density at radius 3 is 0.952 bits per heavy atom. The molecule has 0 amide bonds. The maximum atomic E-state index is 5.20. The van der Waals surface area contributed by atoms with Gasteiger partial charge in [0, 0.05) is 90.1 Å². The third-order valence-electron chi connectivity index (χ3n) is 20.4. The molecule has 0 aliphatic heterocycles. The first-order chi connectivity index (χ1) is 51.5. The Kier molecular flexibility index (Phi) is 14.4. The Labute approximate surface area is 597 Å². The zero-order valence-electron chi connectivity index (χ0n) is 56.1. The standard InChI is InChI=1S/C50H30N4.C46H28N4/c1-3-9-41-36(6-1)30-37-7-2-4-10-42(37)48(41)47-24-19-39-29-35(17-22-46(39)54-47)34-16-21-45-38(28-34)18-23-44(53-45)32-13-11-31(12-14-32)40-25-27-52-50-43(40)20-15-33-8-5-26-51-49(33)50;1-2-5-33-26-36(12-7-29(33)4-1)44-22-17-38-28-35(15-20-43(38)50-44)34-14-19-42-37(27-34)16-21-41(49-42)31-10-8-30(9-11-31)39-23-25-48-46-40(39)18-13-32-6-3-24-47-45(32)46/h1-30H;1-28H. The number of nitrogens with zero attached hydrogens (tertiary/aromatic N) is 8. The number of benzene rings is 13. The topological polar surface area (TPSA) is 103 Å². The molecule has 13 aromatic carbocycles. The van der Waals surface area contributed by atoms with Crippen molar-refractivity contribution >= 4 is 120 Å². The smallest absolute Gasteiger partial charge is 0.0970 e. The quantitative estimate of drug-likeness (QED) is 0.109. The molecular weight excluding hydrogens is 1270 g/mol. The van der Waals surface area contributed by atoms with Gasteiger partial charge in [-0.05, 0) is 186 Å². The van der Waals surface area contributed by atoms with Crippen LogP contribution >= 0.6 is 0 Å². The van der Waals surface area contributed by atoms with E-state index in [4.69, 9.17) is 19.9 Å². The molecule has 8 aromatic heterocycles. The summed E-state index contributed by atoms with van der Waals surface area (Å²) >= 11 is 0. The van der Waals surface area contributed by atoms with Gasteiger partial charge in [0.25, 0.3) is 0 Å². The van der Waals surface area contributed by atoms with Crippen molar-refractivity contribution in [3.8, 4) is 89.5 Å². The highest BCUT2D eigenvalue weighted by Crippen LogP contribution is 2.40. The molecule has 0 saturated heterocycles. The average molecular weight is 1320 g/mol. The van der Waals surface area contributed by atoms with Gasteiger partial charge in [0.1, 0.15) is 0 Å². The molecule has 0 saturated carbocycles. The highest BCUT2D eigenvalue weighted by atomic mass is 14.7. The van der Waals surface area contributed by atoms with E-state index in [2.05, 4.69) is 335 Å². The molecule has 0 aliphatic rings. The van der Waals surface area contributed by atoms with Crippen molar-refractivity contribution < 1.29 is 0 Å². The minimum absolute atomic E-state index is 0.922. The Bertz CT molecular complexity index is 7000. The van der Waals surface area contributed by atoms with Crippen molar-refractivity contribution in [3.63, 3.8) is 0 Å². The molecule has 0 fully saturated rings. The zero-order valence-corrected chi connectivity index (χ0v) is 56.1. The van der Waals surface area contributed by atoms with Gasteiger partial charge in [-0.2, -0.15) is 0 Å². The fraction of sp³-hybridized carbons (Fsp3) is 0. The van der Waals surface area contributed by atoms with Crippen molar-refractivity contribution in [1.82, 2.24) is 39.9 Å². The molecule has 0 atom stereocenters. The summed E-state index contributed by atoms with van der Waals surface area (Å²) in [6, 6.07) is 116. The van der Waals surface area contributed by atoms with Gasteiger partial charge in [0.15, 0.2) is 0 Å². The van der Waals surface area contributed by atoms with Gasteiger partial charge in [-0.3, -0.25) is 19.9 Å². The fourth-order valence-electron chi connectivity index (χ4n) is 15.1. The van der Waals surface area contributed by atoms with Gasteiger partial charge in [0.2, 0.25) is 0 Å². The van der Waals surface area contributed by atoms with Crippen LogP contribution in [0.25, 0.3) is 209 Å². The van der Waals surface area contributed by atoms with E-state index in [1.54, 1.807) is 0 Å². The second-order valence-electron chi connectivity index (χ2n) is 26.6. The highest BCUT2D eigenvalue weighted by Gasteiger charge is 2.17. The first-order valence-electron chi connectivity index (χ1n) is 35.0. The molecule has 0 aliphatic carbocycles. The SMILES string of the molecule is c1ccc2c(-c3ccc4cc(-c5ccc6nc(-c7ccc(-c8ccnc9c8ccc8cccnc89)cc7)ccc6c5)ccc4n3)c3ccccc3cc2c1.c1ccc2cc(-c3ccc4cc(-c5ccc6nc(-c7ccc(-c8ccnc9c8ccc8cccnc89)cc7)ccc6c5)ccc4n3)ccc2c1. The predicted octanol–water partition coefficient (Wildman–Crippen LogP) is 24.6. The van der Waals surface area contributed by atoms with Crippen molar-refractivity contribution in [3.05, 3.63) is 352 Å². The summed E-state index contributed by atoms with van der Waals surface area (Å²) in [5.74, 6) is 0. The van der Waals surface area contributed by atoms with Crippen LogP contribution in [0.2, 0.25) is 0 Å². The largest absolute Gasteiger partial charge is 0.254 e. The lowest BCUT2D eigenvalue weighted by Crippen LogP contribution is -1.90. The summed E-state index contributed by atoms with van der Waals surface area (Å²) in [6.07, 6.45) is 7.40. The highest BCUT2D eigenvalue weighted by molar-refractivity contribution is 6.13. The number of aromatic nitrogens is 8. The van der Waals surface area contributed by atoms with Crippen LogP contribution in [0.5, 0.6) is 0 Å². The molecule has 0 radical (unpaired) electrons. The monoisotopic (exact) mass is 1320 g/mol. The maximum absolute atomic E-state index is 5.20. The first-order valence-corrected chi connectivity index (χ1v) is 35.0. The molecule has 8 heteroatoms. The molecule has 8 nitrogen and oxygen atoms in total. The van der Waals surface area contributed by atoms with Crippen LogP contribution in [-0.2, 0) is 0 Å². The van der Waals surface area contributed by atoms with Gasteiger partial charge in [0.05, 0.1) is 66.9 Å². The molecule has 0 bridgehead atoms. The molecule has 21 aromatic rings. The lowest BCUT2D eigenvalue weighted by atomic mass is 9.94. The molecule has 0 unspecified atom stereocenters. The van der Waals surface area contributed by atoms with E-state index in [-0.39, 0.29) is 0 Å². The summed E-state index contributed by atoms with van der Waals surface area (Å²) in [7, 11) is 0. The van der Waals surface area contributed by atoms with Crippen molar-refractivity contribution in [2.75, 3.05) is 0 Å². The second kappa shape index (κ2) is 25.0. The van der Waals surface area contributed by atoms with Crippen molar-refractivity contribution in [2.24, 2.45) is 0 Å².